The van der Waals surface area contributed by atoms with E-state index in [2.05, 4.69) is 21.8 Å². The van der Waals surface area contributed by atoms with Gasteiger partial charge in [-0.1, -0.05) is 18.2 Å². The molecule has 4 atom stereocenters. The third-order valence-corrected chi connectivity index (χ3v) is 6.14. The molecule has 0 aromatic heterocycles. The van der Waals surface area contributed by atoms with E-state index in [0.717, 1.165) is 5.56 Å². The molecule has 0 radical (unpaired) electrons. The van der Waals surface area contributed by atoms with Gasteiger partial charge in [-0.2, -0.15) is 10.4 Å². The summed E-state index contributed by atoms with van der Waals surface area (Å²) in [5.41, 5.74) is 2.21. The molecule has 4 unspecified atom stereocenters. The summed E-state index contributed by atoms with van der Waals surface area (Å²) in [4.78, 5) is 27.0. The van der Waals surface area contributed by atoms with E-state index in [1.807, 2.05) is 60.8 Å². The maximum absolute atomic E-state index is 13.4. The lowest BCUT2D eigenvalue weighted by Gasteiger charge is -2.36. The Hall–Kier alpha value is -3.86. The zero-order valence-electron chi connectivity index (χ0n) is 18.1. The SMILES string of the molecule is CCN(C(=O)C1C=CN2N=CC(c3ccc(C(=O)NC)cc3)C2C1)C1C=CC(C#N)=CN1. The van der Waals surface area contributed by atoms with Gasteiger partial charge in [0.05, 0.1) is 17.5 Å². The summed E-state index contributed by atoms with van der Waals surface area (Å²) in [7, 11) is 1.61. The summed E-state index contributed by atoms with van der Waals surface area (Å²) >= 11 is 0. The number of amides is 2. The number of benzene rings is 1. The van der Waals surface area contributed by atoms with E-state index in [-0.39, 0.29) is 35.9 Å². The van der Waals surface area contributed by atoms with Gasteiger partial charge in [-0.15, -0.1) is 0 Å². The average Bonchev–Trinajstić information content (AvgIpc) is 3.27. The van der Waals surface area contributed by atoms with Crippen molar-refractivity contribution < 1.29 is 9.59 Å². The van der Waals surface area contributed by atoms with Crippen molar-refractivity contribution in [1.82, 2.24) is 20.5 Å². The summed E-state index contributed by atoms with van der Waals surface area (Å²) in [5, 5.41) is 21.2. The van der Waals surface area contributed by atoms with Crippen molar-refractivity contribution >= 4 is 18.0 Å². The number of hydrazone groups is 1. The smallest absolute Gasteiger partial charge is 0.251 e. The molecular weight excluding hydrogens is 404 g/mol. The fraction of sp³-hybridized carbons (Fsp3) is 0.333. The molecule has 0 aliphatic carbocycles. The van der Waals surface area contributed by atoms with Crippen LogP contribution in [0.25, 0.3) is 0 Å². The third kappa shape index (κ3) is 4.02. The number of hydrogen-bond donors (Lipinski definition) is 2. The normalized spacial score (nSPS) is 25.4. The minimum absolute atomic E-state index is 0.0397. The highest BCUT2D eigenvalue weighted by molar-refractivity contribution is 5.94. The number of dihydropyridines is 1. The van der Waals surface area contributed by atoms with Crippen LogP contribution >= 0.6 is 0 Å². The van der Waals surface area contributed by atoms with Crippen LogP contribution in [0.1, 0.15) is 35.2 Å². The molecular formula is C24H26N6O2. The van der Waals surface area contributed by atoms with Crippen LogP contribution in [-0.2, 0) is 4.79 Å². The number of carbonyl (C=O) groups excluding carboxylic acids is 2. The first-order valence-electron chi connectivity index (χ1n) is 10.7. The van der Waals surface area contributed by atoms with Crippen LogP contribution in [0.4, 0.5) is 0 Å². The number of nitrogens with zero attached hydrogens (tertiary/aromatic N) is 4. The average molecular weight is 431 g/mol. The highest BCUT2D eigenvalue weighted by Gasteiger charge is 2.39. The topological polar surface area (TPSA) is 101 Å². The number of likely N-dealkylation sites (N-methyl/N-ethyl adjacent to an activating group) is 1. The molecule has 0 bridgehead atoms. The van der Waals surface area contributed by atoms with Crippen molar-refractivity contribution in [2.24, 2.45) is 11.0 Å². The summed E-state index contributed by atoms with van der Waals surface area (Å²) in [6.45, 7) is 2.50. The van der Waals surface area contributed by atoms with Crippen LogP contribution in [0.5, 0.6) is 0 Å². The minimum atomic E-state index is -0.274. The molecule has 8 heteroatoms. The summed E-state index contributed by atoms with van der Waals surface area (Å²) in [6, 6.07) is 9.66. The Labute approximate surface area is 187 Å². The van der Waals surface area contributed by atoms with Crippen LogP contribution in [0.3, 0.4) is 0 Å². The van der Waals surface area contributed by atoms with E-state index in [1.165, 1.54) is 0 Å². The Bertz CT molecular complexity index is 1050. The first kappa shape index (κ1) is 21.4. The molecule has 3 aliphatic rings. The van der Waals surface area contributed by atoms with Crippen molar-refractivity contribution in [3.63, 3.8) is 0 Å². The van der Waals surface area contributed by atoms with Gasteiger partial charge in [-0.05, 0) is 43.2 Å². The molecule has 0 saturated heterocycles. The Kier molecular flexibility index (Phi) is 6.08. The number of rotatable bonds is 5. The van der Waals surface area contributed by atoms with Gasteiger partial charge in [0, 0.05) is 43.7 Å². The van der Waals surface area contributed by atoms with Crippen molar-refractivity contribution in [3.05, 3.63) is 71.6 Å². The molecule has 164 valence electrons. The molecule has 32 heavy (non-hydrogen) atoms. The molecule has 3 heterocycles. The quantitative estimate of drug-likeness (QED) is 0.745. The minimum Gasteiger partial charge on any atom is -0.367 e. The van der Waals surface area contributed by atoms with E-state index < -0.39 is 0 Å². The van der Waals surface area contributed by atoms with Gasteiger partial charge >= 0.3 is 0 Å². The van der Waals surface area contributed by atoms with Gasteiger partial charge < -0.3 is 15.5 Å². The number of hydrogen-bond acceptors (Lipinski definition) is 6. The summed E-state index contributed by atoms with van der Waals surface area (Å²) < 4.78 is 0. The number of nitrogens with one attached hydrogen (secondary N) is 2. The van der Waals surface area contributed by atoms with Gasteiger partial charge in [-0.3, -0.25) is 14.6 Å². The van der Waals surface area contributed by atoms with E-state index in [9.17, 15) is 9.59 Å². The van der Waals surface area contributed by atoms with Crippen LogP contribution < -0.4 is 10.6 Å². The molecule has 3 aliphatic heterocycles. The predicted molar refractivity (Wildman–Crippen MR) is 121 cm³/mol. The maximum Gasteiger partial charge on any atom is 0.251 e. The van der Waals surface area contributed by atoms with Crippen molar-refractivity contribution in [3.8, 4) is 6.07 Å². The Morgan fingerprint density at radius 1 is 1.31 bits per heavy atom. The molecule has 1 aromatic carbocycles. The largest absolute Gasteiger partial charge is 0.367 e. The van der Waals surface area contributed by atoms with Crippen molar-refractivity contribution in [2.45, 2.75) is 31.5 Å². The summed E-state index contributed by atoms with van der Waals surface area (Å²) in [6.07, 6.45) is 11.3. The Balaban J connectivity index is 1.47. The van der Waals surface area contributed by atoms with Crippen LogP contribution in [0, 0.1) is 17.2 Å². The number of allylic oxidation sites excluding steroid dienone is 2. The van der Waals surface area contributed by atoms with Crippen LogP contribution in [0.2, 0.25) is 0 Å². The zero-order chi connectivity index (χ0) is 22.7. The molecule has 0 saturated carbocycles. The van der Waals surface area contributed by atoms with E-state index in [1.54, 1.807) is 24.2 Å². The van der Waals surface area contributed by atoms with Crippen molar-refractivity contribution in [1.29, 1.82) is 5.26 Å². The van der Waals surface area contributed by atoms with E-state index >= 15 is 0 Å². The fourth-order valence-electron chi connectivity index (χ4n) is 4.36. The Morgan fingerprint density at radius 2 is 2.09 bits per heavy atom. The number of nitriles is 1. The first-order valence-corrected chi connectivity index (χ1v) is 10.7. The first-order chi connectivity index (χ1) is 15.5. The molecule has 0 spiro atoms. The highest BCUT2D eigenvalue weighted by atomic mass is 16.2. The lowest BCUT2D eigenvalue weighted by atomic mass is 9.84. The fourth-order valence-corrected chi connectivity index (χ4v) is 4.36. The molecule has 1 aromatic rings. The van der Waals surface area contributed by atoms with Crippen LogP contribution in [-0.4, -0.2) is 53.7 Å². The second-order valence-corrected chi connectivity index (χ2v) is 7.93. The monoisotopic (exact) mass is 430 g/mol. The highest BCUT2D eigenvalue weighted by Crippen LogP contribution is 2.36. The van der Waals surface area contributed by atoms with Gasteiger partial charge in [0.15, 0.2) is 0 Å². The number of carbonyl (C=O) groups is 2. The number of fused-ring (bicyclic) bond motifs is 1. The van der Waals surface area contributed by atoms with Crippen molar-refractivity contribution in [2.75, 3.05) is 13.6 Å². The van der Waals surface area contributed by atoms with E-state index in [0.29, 0.717) is 24.1 Å². The van der Waals surface area contributed by atoms with Gasteiger partial charge in [-0.25, -0.2) is 0 Å². The second kappa shape index (κ2) is 9.10. The van der Waals surface area contributed by atoms with Gasteiger partial charge in [0.25, 0.3) is 5.91 Å². The summed E-state index contributed by atoms with van der Waals surface area (Å²) in [5.74, 6) is -0.300. The zero-order valence-corrected chi connectivity index (χ0v) is 18.1. The van der Waals surface area contributed by atoms with Gasteiger partial charge in [0.2, 0.25) is 5.91 Å². The Morgan fingerprint density at radius 3 is 2.72 bits per heavy atom. The predicted octanol–water partition coefficient (Wildman–Crippen LogP) is 2.07. The lowest BCUT2D eigenvalue weighted by Crippen LogP contribution is -2.50. The van der Waals surface area contributed by atoms with E-state index in [4.69, 9.17) is 5.26 Å². The van der Waals surface area contributed by atoms with Gasteiger partial charge in [0.1, 0.15) is 12.2 Å². The second-order valence-electron chi connectivity index (χ2n) is 7.93. The molecule has 2 amide bonds. The molecule has 8 nitrogen and oxygen atoms in total. The van der Waals surface area contributed by atoms with Crippen LogP contribution in [0.15, 0.2) is 65.6 Å². The lowest BCUT2D eigenvalue weighted by molar-refractivity contribution is -0.136. The molecule has 0 fully saturated rings. The maximum atomic E-state index is 13.4. The standard InChI is InChI=1S/C24H26N6O2/c1-3-29(22-9-4-16(13-25)14-27-22)24(32)19-10-11-30-21(12-19)20(15-28-30)17-5-7-18(8-6-17)23(31)26-2/h4-11,14-15,19-22,27H,3,12H2,1-2H3,(H,26,31). The molecule has 4 rings (SSSR count). The molecule has 2 N–H and O–H groups in total. The third-order valence-electron chi connectivity index (χ3n) is 6.14.